The summed E-state index contributed by atoms with van der Waals surface area (Å²) in [5.74, 6) is -0.243. The summed E-state index contributed by atoms with van der Waals surface area (Å²) in [5, 5.41) is 12.6. The normalized spacial score (nSPS) is 11.4. The van der Waals surface area contributed by atoms with E-state index in [1.54, 1.807) is 0 Å². The molecule has 0 aliphatic carbocycles. The Morgan fingerprint density at radius 1 is 1.60 bits per heavy atom. The number of aromatic nitrogens is 2. The summed E-state index contributed by atoms with van der Waals surface area (Å²) in [5.41, 5.74) is -0.403. The minimum absolute atomic E-state index is 0.243. The Balaban J connectivity index is 2.47. The van der Waals surface area contributed by atoms with Crippen LogP contribution in [-0.2, 0) is 0 Å². The lowest BCUT2D eigenvalue weighted by atomic mass is 9.97. The van der Waals surface area contributed by atoms with Crippen LogP contribution >= 0.6 is 0 Å². The van der Waals surface area contributed by atoms with E-state index in [1.807, 2.05) is 13.8 Å². The van der Waals surface area contributed by atoms with Crippen molar-refractivity contribution in [2.75, 3.05) is 6.54 Å². The number of amides is 1. The number of H-pyrrole nitrogens is 1. The molecule has 15 heavy (non-hydrogen) atoms. The van der Waals surface area contributed by atoms with E-state index in [9.17, 15) is 9.90 Å². The Morgan fingerprint density at radius 2 is 2.27 bits per heavy atom. The molecule has 5 heteroatoms. The molecule has 0 saturated heterocycles. The van der Waals surface area contributed by atoms with Gasteiger partial charge in [-0.25, -0.2) is 4.98 Å². The zero-order valence-corrected chi connectivity index (χ0v) is 9.08. The number of carbonyl (C=O) groups excluding carboxylic acids is 1. The van der Waals surface area contributed by atoms with Gasteiger partial charge in [-0.15, -0.1) is 0 Å². The van der Waals surface area contributed by atoms with Gasteiger partial charge in [-0.1, -0.05) is 13.8 Å². The molecule has 0 fully saturated rings. The van der Waals surface area contributed by atoms with Crippen LogP contribution in [0, 0.1) is 0 Å². The van der Waals surface area contributed by atoms with Crippen molar-refractivity contribution in [1.82, 2.24) is 15.3 Å². The summed E-state index contributed by atoms with van der Waals surface area (Å²) in [6.45, 7) is 4.05. The van der Waals surface area contributed by atoms with Gasteiger partial charge in [0, 0.05) is 6.54 Å². The Morgan fingerprint density at radius 3 is 2.73 bits per heavy atom. The standard InChI is InChI=1S/C10H17N3O2/c1-3-10(15,4-2)6-12-9(14)8-5-11-7-13-8/h5,7,15H,3-4,6H2,1-2H3,(H,11,13)(H,12,14). The van der Waals surface area contributed by atoms with E-state index < -0.39 is 5.60 Å². The van der Waals surface area contributed by atoms with Crippen LogP contribution in [0.5, 0.6) is 0 Å². The monoisotopic (exact) mass is 211 g/mol. The van der Waals surface area contributed by atoms with E-state index in [4.69, 9.17) is 0 Å². The van der Waals surface area contributed by atoms with Gasteiger partial charge in [0.2, 0.25) is 0 Å². The number of nitrogens with zero attached hydrogens (tertiary/aromatic N) is 1. The summed E-state index contributed by atoms with van der Waals surface area (Å²) in [4.78, 5) is 17.9. The molecule has 1 amide bonds. The Labute approximate surface area is 88.9 Å². The number of carbonyl (C=O) groups is 1. The summed E-state index contributed by atoms with van der Waals surface area (Å²) in [6, 6.07) is 0. The third kappa shape index (κ3) is 3.06. The van der Waals surface area contributed by atoms with Gasteiger partial charge in [0.25, 0.3) is 5.91 Å². The Hall–Kier alpha value is -1.36. The van der Waals surface area contributed by atoms with Gasteiger partial charge < -0.3 is 15.4 Å². The lowest BCUT2D eigenvalue weighted by Gasteiger charge is -2.25. The summed E-state index contributed by atoms with van der Waals surface area (Å²) < 4.78 is 0. The van der Waals surface area contributed by atoms with Gasteiger partial charge in [-0.2, -0.15) is 0 Å². The number of aliphatic hydroxyl groups is 1. The van der Waals surface area contributed by atoms with E-state index in [0.717, 1.165) is 0 Å². The molecular formula is C10H17N3O2. The number of rotatable bonds is 5. The maximum Gasteiger partial charge on any atom is 0.269 e. The van der Waals surface area contributed by atoms with Gasteiger partial charge in [-0.3, -0.25) is 4.79 Å². The van der Waals surface area contributed by atoms with Crippen molar-refractivity contribution in [3.8, 4) is 0 Å². The first-order valence-corrected chi connectivity index (χ1v) is 5.10. The van der Waals surface area contributed by atoms with Crippen LogP contribution in [0.4, 0.5) is 0 Å². The summed E-state index contributed by atoms with van der Waals surface area (Å²) in [7, 11) is 0. The molecule has 0 unspecified atom stereocenters. The first kappa shape index (κ1) is 11.7. The Bertz CT molecular complexity index is 304. The zero-order valence-electron chi connectivity index (χ0n) is 9.08. The van der Waals surface area contributed by atoms with E-state index in [1.165, 1.54) is 12.5 Å². The van der Waals surface area contributed by atoms with Gasteiger partial charge >= 0.3 is 0 Å². The lowest BCUT2D eigenvalue weighted by Crippen LogP contribution is -2.42. The summed E-state index contributed by atoms with van der Waals surface area (Å²) >= 11 is 0. The predicted molar refractivity (Wildman–Crippen MR) is 56.5 cm³/mol. The minimum atomic E-state index is -0.810. The molecule has 84 valence electrons. The van der Waals surface area contributed by atoms with Crippen LogP contribution in [0.1, 0.15) is 37.2 Å². The molecule has 0 bridgehead atoms. The molecular weight excluding hydrogens is 194 g/mol. The first-order valence-electron chi connectivity index (χ1n) is 5.10. The molecule has 1 rings (SSSR count). The molecule has 1 aromatic heterocycles. The quantitative estimate of drug-likeness (QED) is 0.670. The zero-order chi connectivity index (χ0) is 11.3. The fourth-order valence-electron chi connectivity index (χ4n) is 1.22. The topological polar surface area (TPSA) is 78.0 Å². The van der Waals surface area contributed by atoms with Gasteiger partial charge in [0.1, 0.15) is 5.69 Å². The van der Waals surface area contributed by atoms with Crippen molar-refractivity contribution in [2.24, 2.45) is 0 Å². The number of hydrogen-bond acceptors (Lipinski definition) is 3. The number of imidazole rings is 1. The predicted octanol–water partition coefficient (Wildman–Crippen LogP) is 0.691. The van der Waals surface area contributed by atoms with Crippen LogP contribution < -0.4 is 5.32 Å². The average molecular weight is 211 g/mol. The highest BCUT2D eigenvalue weighted by atomic mass is 16.3. The second-order valence-corrected chi connectivity index (χ2v) is 3.58. The molecule has 0 atom stereocenters. The van der Waals surface area contributed by atoms with Crippen molar-refractivity contribution >= 4 is 5.91 Å². The smallest absolute Gasteiger partial charge is 0.269 e. The maximum atomic E-state index is 11.5. The Kier molecular flexibility index (Phi) is 3.85. The highest BCUT2D eigenvalue weighted by Gasteiger charge is 2.23. The van der Waals surface area contributed by atoms with Crippen LogP contribution in [0.2, 0.25) is 0 Å². The van der Waals surface area contributed by atoms with E-state index in [0.29, 0.717) is 18.5 Å². The molecule has 0 radical (unpaired) electrons. The third-order valence-electron chi connectivity index (χ3n) is 2.64. The van der Waals surface area contributed by atoms with Crippen molar-refractivity contribution in [3.63, 3.8) is 0 Å². The van der Waals surface area contributed by atoms with Crippen LogP contribution in [-0.4, -0.2) is 33.1 Å². The maximum absolute atomic E-state index is 11.5. The second-order valence-electron chi connectivity index (χ2n) is 3.58. The fourth-order valence-corrected chi connectivity index (χ4v) is 1.22. The van der Waals surface area contributed by atoms with E-state index in [2.05, 4.69) is 15.3 Å². The molecule has 0 aliphatic rings. The molecule has 3 N–H and O–H groups in total. The fraction of sp³-hybridized carbons (Fsp3) is 0.600. The minimum Gasteiger partial charge on any atom is -0.388 e. The number of hydrogen-bond donors (Lipinski definition) is 3. The van der Waals surface area contributed by atoms with Crippen molar-refractivity contribution < 1.29 is 9.90 Å². The molecule has 0 aromatic carbocycles. The molecule has 1 heterocycles. The lowest BCUT2D eigenvalue weighted by molar-refractivity contribution is 0.0313. The highest BCUT2D eigenvalue weighted by Crippen LogP contribution is 2.12. The van der Waals surface area contributed by atoms with Crippen LogP contribution in [0.25, 0.3) is 0 Å². The molecule has 0 saturated carbocycles. The summed E-state index contributed by atoms with van der Waals surface area (Å²) in [6.07, 6.45) is 4.13. The van der Waals surface area contributed by atoms with E-state index in [-0.39, 0.29) is 12.5 Å². The first-order chi connectivity index (χ1) is 7.11. The van der Waals surface area contributed by atoms with Gasteiger partial charge in [0.15, 0.2) is 0 Å². The number of aromatic amines is 1. The number of nitrogens with one attached hydrogen (secondary N) is 2. The largest absolute Gasteiger partial charge is 0.388 e. The SMILES string of the molecule is CCC(O)(CC)CNC(=O)c1cnc[nH]1. The van der Waals surface area contributed by atoms with Gasteiger partial charge in [-0.05, 0) is 12.8 Å². The molecule has 1 aromatic rings. The highest BCUT2D eigenvalue weighted by molar-refractivity contribution is 5.91. The third-order valence-corrected chi connectivity index (χ3v) is 2.64. The molecule has 5 nitrogen and oxygen atoms in total. The molecule has 0 aliphatic heterocycles. The van der Waals surface area contributed by atoms with E-state index >= 15 is 0 Å². The second kappa shape index (κ2) is 4.93. The van der Waals surface area contributed by atoms with Crippen molar-refractivity contribution in [1.29, 1.82) is 0 Å². The average Bonchev–Trinajstić information content (AvgIpc) is 2.79. The van der Waals surface area contributed by atoms with Crippen LogP contribution in [0.15, 0.2) is 12.5 Å². The van der Waals surface area contributed by atoms with Crippen molar-refractivity contribution in [2.45, 2.75) is 32.3 Å². The van der Waals surface area contributed by atoms with Crippen LogP contribution in [0.3, 0.4) is 0 Å². The molecule has 0 spiro atoms. The van der Waals surface area contributed by atoms with Gasteiger partial charge in [0.05, 0.1) is 18.1 Å². The van der Waals surface area contributed by atoms with Crippen molar-refractivity contribution in [3.05, 3.63) is 18.2 Å².